The molecular weight excluding hydrogens is 206 g/mol. The highest BCUT2D eigenvalue weighted by Crippen LogP contribution is 2.29. The van der Waals surface area contributed by atoms with Crippen molar-refractivity contribution >= 4 is 0 Å². The Hall–Kier alpha value is -1.29. The van der Waals surface area contributed by atoms with E-state index in [4.69, 9.17) is 5.26 Å². The zero-order chi connectivity index (χ0) is 12.5. The van der Waals surface area contributed by atoms with E-state index in [1.54, 1.807) is 0 Å². The second-order valence-electron chi connectivity index (χ2n) is 4.91. The van der Waals surface area contributed by atoms with Crippen molar-refractivity contribution in [2.75, 3.05) is 0 Å². The van der Waals surface area contributed by atoms with Crippen LogP contribution >= 0.6 is 0 Å². The van der Waals surface area contributed by atoms with E-state index in [0.29, 0.717) is 12.3 Å². The molecule has 0 aromatic heterocycles. The fourth-order valence-electron chi connectivity index (χ4n) is 2.23. The SMILES string of the molecule is CCC(C)CC(CCCC#N)c1ccccc1. The maximum Gasteiger partial charge on any atom is 0.0621 e. The minimum absolute atomic E-state index is 0.625. The van der Waals surface area contributed by atoms with Crippen LogP contribution in [0, 0.1) is 17.2 Å². The van der Waals surface area contributed by atoms with Crippen LogP contribution in [0.2, 0.25) is 0 Å². The van der Waals surface area contributed by atoms with Crippen molar-refractivity contribution in [2.24, 2.45) is 5.92 Å². The van der Waals surface area contributed by atoms with Crippen molar-refractivity contribution in [1.29, 1.82) is 5.26 Å². The van der Waals surface area contributed by atoms with Crippen LogP contribution in [0.4, 0.5) is 0 Å². The minimum atomic E-state index is 0.625. The number of nitriles is 1. The summed E-state index contributed by atoms with van der Waals surface area (Å²) in [5.74, 6) is 1.39. The molecule has 0 saturated heterocycles. The molecule has 0 bridgehead atoms. The number of rotatable bonds is 7. The monoisotopic (exact) mass is 229 g/mol. The molecule has 0 spiro atoms. The molecule has 1 aromatic carbocycles. The van der Waals surface area contributed by atoms with Gasteiger partial charge >= 0.3 is 0 Å². The van der Waals surface area contributed by atoms with E-state index in [2.05, 4.69) is 50.2 Å². The standard InChI is InChI=1S/C16H23N/c1-3-14(2)13-16(11-7-8-12-17)15-9-5-4-6-10-15/h4-6,9-10,14,16H,3,7-8,11,13H2,1-2H3. The van der Waals surface area contributed by atoms with Crippen LogP contribution in [-0.4, -0.2) is 0 Å². The molecule has 0 aliphatic heterocycles. The van der Waals surface area contributed by atoms with Gasteiger partial charge in [0.25, 0.3) is 0 Å². The molecule has 1 nitrogen and oxygen atoms in total. The van der Waals surface area contributed by atoms with Gasteiger partial charge in [0.15, 0.2) is 0 Å². The van der Waals surface area contributed by atoms with E-state index in [9.17, 15) is 0 Å². The summed E-state index contributed by atoms with van der Waals surface area (Å²) < 4.78 is 0. The van der Waals surface area contributed by atoms with Gasteiger partial charge in [-0.2, -0.15) is 5.26 Å². The summed E-state index contributed by atoms with van der Waals surface area (Å²) in [6.45, 7) is 4.57. The van der Waals surface area contributed by atoms with Crippen LogP contribution in [0.15, 0.2) is 30.3 Å². The summed E-state index contributed by atoms with van der Waals surface area (Å²) in [5, 5.41) is 8.63. The molecule has 0 aliphatic carbocycles. The van der Waals surface area contributed by atoms with Gasteiger partial charge in [-0.15, -0.1) is 0 Å². The summed E-state index contributed by atoms with van der Waals surface area (Å²) in [7, 11) is 0. The van der Waals surface area contributed by atoms with Crippen LogP contribution in [-0.2, 0) is 0 Å². The number of unbranched alkanes of at least 4 members (excludes halogenated alkanes) is 1. The summed E-state index contributed by atoms with van der Waals surface area (Å²) >= 11 is 0. The lowest BCUT2D eigenvalue weighted by atomic mass is 9.85. The first kappa shape index (κ1) is 13.8. The second-order valence-corrected chi connectivity index (χ2v) is 4.91. The first-order valence-corrected chi connectivity index (χ1v) is 6.69. The van der Waals surface area contributed by atoms with E-state index in [1.165, 1.54) is 18.4 Å². The van der Waals surface area contributed by atoms with Crippen molar-refractivity contribution in [1.82, 2.24) is 0 Å². The van der Waals surface area contributed by atoms with Crippen LogP contribution in [0.25, 0.3) is 0 Å². The third kappa shape index (κ3) is 5.04. The molecule has 0 amide bonds. The van der Waals surface area contributed by atoms with Gasteiger partial charge in [-0.05, 0) is 36.7 Å². The highest BCUT2D eigenvalue weighted by molar-refractivity contribution is 5.19. The fourth-order valence-corrected chi connectivity index (χ4v) is 2.23. The smallest absolute Gasteiger partial charge is 0.0621 e. The van der Waals surface area contributed by atoms with E-state index in [1.807, 2.05) is 0 Å². The molecular formula is C16H23N. The zero-order valence-corrected chi connectivity index (χ0v) is 11.0. The summed E-state index contributed by atoms with van der Waals surface area (Å²) in [5.41, 5.74) is 1.44. The fraction of sp³-hybridized carbons (Fsp3) is 0.562. The van der Waals surface area contributed by atoms with Gasteiger partial charge in [0.05, 0.1) is 6.07 Å². The van der Waals surface area contributed by atoms with E-state index < -0.39 is 0 Å². The maximum absolute atomic E-state index is 8.63. The molecule has 92 valence electrons. The first-order valence-electron chi connectivity index (χ1n) is 6.69. The van der Waals surface area contributed by atoms with Gasteiger partial charge in [-0.1, -0.05) is 50.6 Å². The minimum Gasteiger partial charge on any atom is -0.198 e. The van der Waals surface area contributed by atoms with Gasteiger partial charge in [0.1, 0.15) is 0 Å². The van der Waals surface area contributed by atoms with Crippen LogP contribution in [0.1, 0.15) is 57.4 Å². The number of hydrogen-bond donors (Lipinski definition) is 0. The summed E-state index contributed by atoms with van der Waals surface area (Å²) in [4.78, 5) is 0. The molecule has 0 fully saturated rings. The largest absolute Gasteiger partial charge is 0.198 e. The van der Waals surface area contributed by atoms with Crippen molar-refractivity contribution in [3.05, 3.63) is 35.9 Å². The number of nitrogens with zero attached hydrogens (tertiary/aromatic N) is 1. The molecule has 0 saturated carbocycles. The number of hydrogen-bond acceptors (Lipinski definition) is 1. The Kier molecular flexibility index (Phi) is 6.40. The topological polar surface area (TPSA) is 23.8 Å². The van der Waals surface area contributed by atoms with Crippen molar-refractivity contribution < 1.29 is 0 Å². The third-order valence-electron chi connectivity index (χ3n) is 3.50. The van der Waals surface area contributed by atoms with Crippen molar-refractivity contribution in [2.45, 2.75) is 51.9 Å². The van der Waals surface area contributed by atoms with Crippen molar-refractivity contribution in [3.63, 3.8) is 0 Å². The molecule has 1 rings (SSSR count). The van der Waals surface area contributed by atoms with Crippen LogP contribution in [0.3, 0.4) is 0 Å². The summed E-state index contributed by atoms with van der Waals surface area (Å²) in [6.07, 6.45) is 5.33. The van der Waals surface area contributed by atoms with Gasteiger partial charge in [0.2, 0.25) is 0 Å². The molecule has 17 heavy (non-hydrogen) atoms. The Morgan fingerprint density at radius 3 is 2.53 bits per heavy atom. The molecule has 0 N–H and O–H groups in total. The molecule has 0 aliphatic rings. The molecule has 2 unspecified atom stereocenters. The molecule has 0 radical (unpaired) electrons. The van der Waals surface area contributed by atoms with Gasteiger partial charge < -0.3 is 0 Å². The van der Waals surface area contributed by atoms with E-state index in [0.717, 1.165) is 18.8 Å². The normalized spacial score (nSPS) is 13.9. The Bertz CT molecular complexity index is 336. The quantitative estimate of drug-likeness (QED) is 0.610. The van der Waals surface area contributed by atoms with Gasteiger partial charge in [0, 0.05) is 6.42 Å². The Labute approximate surface area is 105 Å². The lowest BCUT2D eigenvalue weighted by Gasteiger charge is -2.20. The average molecular weight is 229 g/mol. The third-order valence-corrected chi connectivity index (χ3v) is 3.50. The Morgan fingerprint density at radius 1 is 1.24 bits per heavy atom. The van der Waals surface area contributed by atoms with Gasteiger partial charge in [-0.3, -0.25) is 0 Å². The summed E-state index contributed by atoms with van der Waals surface area (Å²) in [6, 6.07) is 13.0. The van der Waals surface area contributed by atoms with Crippen LogP contribution < -0.4 is 0 Å². The lowest BCUT2D eigenvalue weighted by molar-refractivity contribution is 0.432. The molecule has 2 atom stereocenters. The number of benzene rings is 1. The predicted molar refractivity (Wildman–Crippen MR) is 72.7 cm³/mol. The lowest BCUT2D eigenvalue weighted by Crippen LogP contribution is -2.05. The zero-order valence-electron chi connectivity index (χ0n) is 11.0. The molecule has 0 heterocycles. The van der Waals surface area contributed by atoms with Gasteiger partial charge in [-0.25, -0.2) is 0 Å². The predicted octanol–water partition coefficient (Wildman–Crippen LogP) is 4.90. The van der Waals surface area contributed by atoms with E-state index in [-0.39, 0.29) is 0 Å². The Balaban J connectivity index is 2.62. The van der Waals surface area contributed by atoms with E-state index >= 15 is 0 Å². The Morgan fingerprint density at radius 2 is 1.94 bits per heavy atom. The maximum atomic E-state index is 8.63. The molecule has 1 heteroatoms. The first-order chi connectivity index (χ1) is 8.27. The second kappa shape index (κ2) is 7.90. The highest BCUT2D eigenvalue weighted by Gasteiger charge is 2.13. The van der Waals surface area contributed by atoms with Crippen molar-refractivity contribution in [3.8, 4) is 6.07 Å². The average Bonchev–Trinajstić information content (AvgIpc) is 2.38. The highest BCUT2D eigenvalue weighted by atomic mass is 14.2. The van der Waals surface area contributed by atoms with Crippen LogP contribution in [0.5, 0.6) is 0 Å². The molecule has 1 aromatic rings.